The van der Waals surface area contributed by atoms with Crippen LogP contribution >= 0.6 is 0 Å². The Morgan fingerprint density at radius 1 is 1.00 bits per heavy atom. The number of hydrogen-bond donors (Lipinski definition) is 1. The number of aryl methyl sites for hydroxylation is 2. The fraction of sp³-hybridized carbons (Fsp3) is 0.118. The standard InChI is InChI=1S/C17H16N2/c1-11-8-16(9-12(2)19-11)13(3)14-4-5-17-15(10-14)6-7-18-17/h4-10,18H,3H2,1-2H3. The molecule has 2 aromatic heterocycles. The van der Waals surface area contributed by atoms with Crippen molar-refractivity contribution in [3.05, 3.63) is 71.7 Å². The Bertz CT molecular complexity index is 746. The summed E-state index contributed by atoms with van der Waals surface area (Å²) in [7, 11) is 0. The van der Waals surface area contributed by atoms with Gasteiger partial charge in [-0.15, -0.1) is 0 Å². The number of nitrogens with one attached hydrogen (secondary N) is 1. The van der Waals surface area contributed by atoms with Crippen LogP contribution in [0.4, 0.5) is 0 Å². The molecule has 1 aromatic carbocycles. The van der Waals surface area contributed by atoms with Gasteiger partial charge in [-0.05, 0) is 66.3 Å². The first-order chi connectivity index (χ1) is 9.13. The summed E-state index contributed by atoms with van der Waals surface area (Å²) in [4.78, 5) is 7.61. The number of benzene rings is 1. The highest BCUT2D eigenvalue weighted by Gasteiger charge is 2.05. The summed E-state index contributed by atoms with van der Waals surface area (Å²) in [6, 6.07) is 12.6. The van der Waals surface area contributed by atoms with E-state index >= 15 is 0 Å². The zero-order valence-corrected chi connectivity index (χ0v) is 11.2. The molecule has 2 nitrogen and oxygen atoms in total. The van der Waals surface area contributed by atoms with Gasteiger partial charge in [-0.1, -0.05) is 12.6 Å². The van der Waals surface area contributed by atoms with Crippen LogP contribution in [0.2, 0.25) is 0 Å². The highest BCUT2D eigenvalue weighted by Crippen LogP contribution is 2.25. The van der Waals surface area contributed by atoms with Gasteiger partial charge < -0.3 is 4.98 Å². The molecule has 0 spiro atoms. The minimum absolute atomic E-state index is 1.03. The molecule has 0 fully saturated rings. The highest BCUT2D eigenvalue weighted by molar-refractivity contribution is 5.87. The first-order valence-electron chi connectivity index (χ1n) is 6.35. The van der Waals surface area contributed by atoms with E-state index in [4.69, 9.17) is 0 Å². The van der Waals surface area contributed by atoms with E-state index in [1.54, 1.807) is 0 Å². The molecule has 0 aliphatic rings. The van der Waals surface area contributed by atoms with E-state index in [0.29, 0.717) is 0 Å². The summed E-state index contributed by atoms with van der Waals surface area (Å²) in [5.41, 5.74) is 6.53. The van der Waals surface area contributed by atoms with Crippen molar-refractivity contribution in [1.82, 2.24) is 9.97 Å². The van der Waals surface area contributed by atoms with Gasteiger partial charge in [0.15, 0.2) is 0 Å². The van der Waals surface area contributed by atoms with E-state index in [1.165, 1.54) is 5.39 Å². The van der Waals surface area contributed by atoms with E-state index in [1.807, 2.05) is 20.0 Å². The molecule has 1 N–H and O–H groups in total. The lowest BCUT2D eigenvalue weighted by atomic mass is 9.98. The van der Waals surface area contributed by atoms with Crippen molar-refractivity contribution >= 4 is 16.5 Å². The number of nitrogens with zero attached hydrogens (tertiary/aromatic N) is 1. The molecule has 0 saturated carbocycles. The van der Waals surface area contributed by atoms with Crippen LogP contribution in [-0.4, -0.2) is 9.97 Å². The SMILES string of the molecule is C=C(c1cc(C)nc(C)c1)c1ccc2[nH]ccc2c1. The maximum Gasteiger partial charge on any atom is 0.0454 e. The lowest BCUT2D eigenvalue weighted by Gasteiger charge is -2.08. The summed E-state index contributed by atoms with van der Waals surface area (Å²) in [6.45, 7) is 8.26. The second-order valence-electron chi connectivity index (χ2n) is 4.90. The highest BCUT2D eigenvalue weighted by atomic mass is 14.7. The summed E-state index contributed by atoms with van der Waals surface area (Å²) in [6.07, 6.45) is 1.96. The topological polar surface area (TPSA) is 28.7 Å². The summed E-state index contributed by atoms with van der Waals surface area (Å²) in [5, 5.41) is 1.21. The Kier molecular flexibility index (Phi) is 2.71. The largest absolute Gasteiger partial charge is 0.361 e. The third-order valence-electron chi connectivity index (χ3n) is 3.33. The van der Waals surface area contributed by atoms with Crippen LogP contribution in [0.25, 0.3) is 16.5 Å². The second-order valence-corrected chi connectivity index (χ2v) is 4.90. The van der Waals surface area contributed by atoms with Gasteiger partial charge in [0.2, 0.25) is 0 Å². The molecule has 0 amide bonds. The van der Waals surface area contributed by atoms with E-state index in [0.717, 1.165) is 33.6 Å². The van der Waals surface area contributed by atoms with Crippen LogP contribution in [0.5, 0.6) is 0 Å². The van der Waals surface area contributed by atoms with Gasteiger partial charge in [-0.25, -0.2) is 0 Å². The number of hydrogen-bond acceptors (Lipinski definition) is 1. The molecule has 0 aliphatic heterocycles. The molecule has 0 atom stereocenters. The second kappa shape index (κ2) is 4.39. The smallest absolute Gasteiger partial charge is 0.0454 e. The number of H-pyrrole nitrogens is 1. The normalized spacial score (nSPS) is 10.8. The Morgan fingerprint density at radius 3 is 2.47 bits per heavy atom. The number of aromatic nitrogens is 2. The molecule has 0 unspecified atom stereocenters. The fourth-order valence-electron chi connectivity index (χ4n) is 2.42. The third kappa shape index (κ3) is 2.17. The van der Waals surface area contributed by atoms with E-state index in [9.17, 15) is 0 Å². The molecule has 2 heteroatoms. The average Bonchev–Trinajstić information content (AvgIpc) is 2.83. The molecule has 19 heavy (non-hydrogen) atoms. The van der Waals surface area contributed by atoms with Crippen LogP contribution < -0.4 is 0 Å². The van der Waals surface area contributed by atoms with Gasteiger partial charge in [0.25, 0.3) is 0 Å². The average molecular weight is 248 g/mol. The van der Waals surface area contributed by atoms with E-state index in [-0.39, 0.29) is 0 Å². The van der Waals surface area contributed by atoms with Crippen LogP contribution in [0.1, 0.15) is 22.5 Å². The van der Waals surface area contributed by atoms with Crippen LogP contribution in [-0.2, 0) is 0 Å². The van der Waals surface area contributed by atoms with Crippen molar-refractivity contribution in [2.45, 2.75) is 13.8 Å². The van der Waals surface area contributed by atoms with Gasteiger partial charge in [-0.2, -0.15) is 0 Å². The van der Waals surface area contributed by atoms with Crippen LogP contribution in [0.3, 0.4) is 0 Å². The number of aromatic amines is 1. The van der Waals surface area contributed by atoms with Gasteiger partial charge in [0, 0.05) is 23.1 Å². The van der Waals surface area contributed by atoms with Crippen molar-refractivity contribution in [2.75, 3.05) is 0 Å². The van der Waals surface area contributed by atoms with E-state index in [2.05, 4.69) is 52.9 Å². The summed E-state index contributed by atoms with van der Waals surface area (Å²) in [5.74, 6) is 0. The van der Waals surface area contributed by atoms with Gasteiger partial charge in [-0.3, -0.25) is 4.98 Å². The third-order valence-corrected chi connectivity index (χ3v) is 3.33. The zero-order chi connectivity index (χ0) is 13.4. The molecule has 2 heterocycles. The molecule has 94 valence electrons. The Balaban J connectivity index is 2.07. The minimum Gasteiger partial charge on any atom is -0.361 e. The molecule has 0 saturated heterocycles. The fourth-order valence-corrected chi connectivity index (χ4v) is 2.42. The van der Waals surface area contributed by atoms with Gasteiger partial charge in [0.05, 0.1) is 0 Å². The van der Waals surface area contributed by atoms with Crippen LogP contribution in [0, 0.1) is 13.8 Å². The molecular formula is C17H16N2. The minimum atomic E-state index is 1.03. The Hall–Kier alpha value is -2.35. The predicted octanol–water partition coefficient (Wildman–Crippen LogP) is 4.24. The first-order valence-corrected chi connectivity index (χ1v) is 6.35. The molecule has 0 bridgehead atoms. The lowest BCUT2D eigenvalue weighted by molar-refractivity contribution is 1.12. The van der Waals surface area contributed by atoms with Crippen molar-refractivity contribution in [2.24, 2.45) is 0 Å². The van der Waals surface area contributed by atoms with E-state index < -0.39 is 0 Å². The summed E-state index contributed by atoms with van der Waals surface area (Å²) < 4.78 is 0. The van der Waals surface area contributed by atoms with Gasteiger partial charge >= 0.3 is 0 Å². The maximum absolute atomic E-state index is 4.41. The molecular weight excluding hydrogens is 232 g/mol. The number of pyridine rings is 1. The predicted molar refractivity (Wildman–Crippen MR) is 80.1 cm³/mol. The first kappa shape index (κ1) is 11.7. The van der Waals surface area contributed by atoms with Gasteiger partial charge in [0.1, 0.15) is 0 Å². The molecule has 0 radical (unpaired) electrons. The molecule has 0 aliphatic carbocycles. The van der Waals surface area contributed by atoms with Crippen molar-refractivity contribution in [1.29, 1.82) is 0 Å². The number of rotatable bonds is 2. The monoisotopic (exact) mass is 248 g/mol. The van der Waals surface area contributed by atoms with Crippen molar-refractivity contribution in [3.63, 3.8) is 0 Å². The molecule has 3 aromatic rings. The van der Waals surface area contributed by atoms with Crippen LogP contribution in [0.15, 0.2) is 49.2 Å². The zero-order valence-electron chi connectivity index (χ0n) is 11.2. The summed E-state index contributed by atoms with van der Waals surface area (Å²) >= 11 is 0. The number of fused-ring (bicyclic) bond motifs is 1. The Labute approximate surface area is 112 Å². The molecule has 3 rings (SSSR count). The lowest BCUT2D eigenvalue weighted by Crippen LogP contribution is -1.92. The quantitative estimate of drug-likeness (QED) is 0.722. The maximum atomic E-state index is 4.41. The Morgan fingerprint density at radius 2 is 1.74 bits per heavy atom. The van der Waals surface area contributed by atoms with Crippen molar-refractivity contribution < 1.29 is 0 Å². The van der Waals surface area contributed by atoms with Crippen molar-refractivity contribution in [3.8, 4) is 0 Å².